The number of benzene rings is 1. The number of fused-ring (bicyclic) bond motifs is 1. The average Bonchev–Trinajstić information content (AvgIpc) is 2.96. The molecule has 2 aromatic heterocycles. The van der Waals surface area contributed by atoms with Crippen molar-refractivity contribution in [3.8, 4) is 17.0 Å². The van der Waals surface area contributed by atoms with Crippen molar-refractivity contribution in [1.29, 1.82) is 0 Å². The summed E-state index contributed by atoms with van der Waals surface area (Å²) in [7, 11) is -0.771. The van der Waals surface area contributed by atoms with Gasteiger partial charge in [0.15, 0.2) is 0 Å². The lowest BCUT2D eigenvalue weighted by molar-refractivity contribution is 0.415. The van der Waals surface area contributed by atoms with Gasteiger partial charge in [-0.3, -0.25) is 14.2 Å². The Hall–Kier alpha value is -2.65. The van der Waals surface area contributed by atoms with E-state index in [1.807, 2.05) is 0 Å². The van der Waals surface area contributed by atoms with Crippen molar-refractivity contribution in [1.82, 2.24) is 19.1 Å². The summed E-state index contributed by atoms with van der Waals surface area (Å²) in [5, 5.41) is 0. The molecule has 23 heavy (non-hydrogen) atoms. The molecule has 0 aliphatic rings. The number of rotatable bonds is 4. The smallest absolute Gasteiger partial charge is 0.252 e. The number of nitrogens with one attached hydrogen (secondary N) is 2. The fourth-order valence-electron chi connectivity index (χ4n) is 2.20. The van der Waals surface area contributed by atoms with Crippen LogP contribution in [0, 0.1) is 0 Å². The molecule has 0 aliphatic carbocycles. The van der Waals surface area contributed by atoms with Crippen LogP contribution in [-0.4, -0.2) is 36.9 Å². The molecular formula is C14H14N4O4S. The van der Waals surface area contributed by atoms with Crippen LogP contribution >= 0.6 is 0 Å². The van der Waals surface area contributed by atoms with E-state index in [-0.39, 0.29) is 10.5 Å². The van der Waals surface area contributed by atoms with Gasteiger partial charge in [-0.2, -0.15) is 0 Å². The monoisotopic (exact) mass is 334 g/mol. The summed E-state index contributed by atoms with van der Waals surface area (Å²) < 4.78 is 32.9. The lowest BCUT2D eigenvalue weighted by Gasteiger charge is -2.09. The van der Waals surface area contributed by atoms with Crippen LogP contribution < -0.4 is 15.0 Å². The number of hydrogen-bond donors (Lipinski definition) is 2. The summed E-state index contributed by atoms with van der Waals surface area (Å²) in [4.78, 5) is 18.4. The largest absolute Gasteiger partial charge is 0.496 e. The third-order valence-corrected chi connectivity index (χ3v) is 4.79. The lowest BCUT2D eigenvalue weighted by atomic mass is 10.1. The minimum atomic E-state index is -3.56. The summed E-state index contributed by atoms with van der Waals surface area (Å²) in [5.41, 5.74) is 0.918. The molecule has 0 radical (unpaired) electrons. The standard InChI is InChI=1S/C14H14N4O4S/c1-15-23(20,21)9-3-4-10(12(7-9)22-2)11-8-18-6-5-13(19)17-14(18)16-11/h3-8,15H,1-2H3,(H,16,17,19). The van der Waals surface area contributed by atoms with Gasteiger partial charge < -0.3 is 4.74 Å². The Kier molecular flexibility index (Phi) is 3.66. The highest BCUT2D eigenvalue weighted by Gasteiger charge is 2.17. The SMILES string of the molecule is CNS(=O)(=O)c1ccc(-c2cn3ccc(=O)[nH]c3n2)c(OC)c1. The van der Waals surface area contributed by atoms with E-state index in [1.54, 1.807) is 22.9 Å². The molecule has 0 amide bonds. The van der Waals surface area contributed by atoms with E-state index in [0.29, 0.717) is 22.8 Å². The minimum Gasteiger partial charge on any atom is -0.496 e. The van der Waals surface area contributed by atoms with Crippen molar-refractivity contribution in [2.24, 2.45) is 0 Å². The van der Waals surface area contributed by atoms with E-state index in [9.17, 15) is 13.2 Å². The van der Waals surface area contributed by atoms with Crippen LogP contribution in [0.5, 0.6) is 5.75 Å². The zero-order valence-electron chi connectivity index (χ0n) is 12.4. The maximum atomic E-state index is 11.9. The average molecular weight is 334 g/mol. The summed E-state index contributed by atoms with van der Waals surface area (Å²) in [6, 6.07) is 5.89. The lowest BCUT2D eigenvalue weighted by Crippen LogP contribution is -2.18. The number of H-pyrrole nitrogens is 1. The third kappa shape index (κ3) is 2.71. The first kappa shape index (κ1) is 15.3. The summed E-state index contributed by atoms with van der Waals surface area (Å²) in [6.07, 6.45) is 3.31. The first-order chi connectivity index (χ1) is 10.9. The molecular weight excluding hydrogens is 320 g/mol. The molecule has 3 aromatic rings. The molecule has 9 heteroatoms. The molecule has 0 atom stereocenters. The van der Waals surface area contributed by atoms with Crippen LogP contribution in [0.3, 0.4) is 0 Å². The fourth-order valence-corrected chi connectivity index (χ4v) is 2.94. The van der Waals surface area contributed by atoms with Gasteiger partial charge in [0.1, 0.15) is 5.75 Å². The maximum Gasteiger partial charge on any atom is 0.252 e. The van der Waals surface area contributed by atoms with Gasteiger partial charge in [0.25, 0.3) is 5.56 Å². The van der Waals surface area contributed by atoms with Gasteiger partial charge in [0, 0.05) is 30.1 Å². The minimum absolute atomic E-state index is 0.0952. The van der Waals surface area contributed by atoms with Crippen molar-refractivity contribution < 1.29 is 13.2 Å². The highest BCUT2D eigenvalue weighted by Crippen LogP contribution is 2.31. The normalized spacial score (nSPS) is 11.7. The van der Waals surface area contributed by atoms with Gasteiger partial charge in [0.05, 0.1) is 17.7 Å². The van der Waals surface area contributed by atoms with Crippen LogP contribution in [0.1, 0.15) is 0 Å². The molecule has 8 nitrogen and oxygen atoms in total. The van der Waals surface area contributed by atoms with E-state index >= 15 is 0 Å². The van der Waals surface area contributed by atoms with Crippen LogP contribution in [0.2, 0.25) is 0 Å². The Morgan fingerprint density at radius 2 is 2.09 bits per heavy atom. The van der Waals surface area contributed by atoms with Crippen molar-refractivity contribution >= 4 is 15.8 Å². The number of methoxy groups -OCH3 is 1. The van der Waals surface area contributed by atoms with Crippen molar-refractivity contribution in [3.05, 3.63) is 47.0 Å². The van der Waals surface area contributed by atoms with Crippen molar-refractivity contribution in [2.45, 2.75) is 4.90 Å². The Labute approximate surface area is 131 Å². The van der Waals surface area contributed by atoms with Gasteiger partial charge in [-0.15, -0.1) is 0 Å². The summed E-state index contributed by atoms with van der Waals surface area (Å²) >= 11 is 0. The van der Waals surface area contributed by atoms with Gasteiger partial charge in [-0.1, -0.05) is 0 Å². The number of imidazole rings is 1. The number of ether oxygens (including phenoxy) is 1. The van der Waals surface area contributed by atoms with Crippen molar-refractivity contribution in [3.63, 3.8) is 0 Å². The van der Waals surface area contributed by atoms with E-state index in [2.05, 4.69) is 14.7 Å². The molecule has 2 N–H and O–H groups in total. The molecule has 0 fully saturated rings. The molecule has 0 spiro atoms. The zero-order valence-corrected chi connectivity index (χ0v) is 13.2. The summed E-state index contributed by atoms with van der Waals surface area (Å²) in [5.74, 6) is 0.758. The predicted molar refractivity (Wildman–Crippen MR) is 84.0 cm³/mol. The topological polar surface area (TPSA) is 106 Å². The van der Waals surface area contributed by atoms with Crippen LogP contribution in [0.15, 0.2) is 46.3 Å². The predicted octanol–water partition coefficient (Wildman–Crippen LogP) is 0.606. The van der Waals surface area contributed by atoms with Crippen LogP contribution in [-0.2, 0) is 10.0 Å². The highest BCUT2D eigenvalue weighted by atomic mass is 32.2. The number of nitrogens with zero attached hydrogens (tertiary/aromatic N) is 2. The molecule has 1 aromatic carbocycles. The van der Waals surface area contributed by atoms with E-state index in [0.717, 1.165) is 0 Å². The van der Waals surface area contributed by atoms with E-state index in [4.69, 9.17) is 4.74 Å². The fraction of sp³-hybridized carbons (Fsp3) is 0.143. The van der Waals surface area contributed by atoms with E-state index < -0.39 is 10.0 Å². The molecule has 3 rings (SSSR count). The number of sulfonamides is 1. The molecule has 0 aliphatic heterocycles. The zero-order chi connectivity index (χ0) is 16.6. The molecule has 2 heterocycles. The Bertz CT molecular complexity index is 1040. The van der Waals surface area contributed by atoms with Crippen LogP contribution in [0.4, 0.5) is 0 Å². The molecule has 0 saturated heterocycles. The quantitative estimate of drug-likeness (QED) is 0.727. The Morgan fingerprint density at radius 1 is 1.30 bits per heavy atom. The number of hydrogen-bond acceptors (Lipinski definition) is 5. The second kappa shape index (κ2) is 5.52. The first-order valence-electron chi connectivity index (χ1n) is 6.64. The summed E-state index contributed by atoms with van der Waals surface area (Å²) in [6.45, 7) is 0. The Balaban J connectivity index is 2.16. The van der Waals surface area contributed by atoms with Gasteiger partial charge in [-0.05, 0) is 19.2 Å². The first-order valence-corrected chi connectivity index (χ1v) is 8.13. The molecule has 0 bridgehead atoms. The Morgan fingerprint density at radius 3 is 2.78 bits per heavy atom. The second-order valence-electron chi connectivity index (χ2n) is 4.73. The molecule has 0 unspecified atom stereocenters. The van der Waals surface area contributed by atoms with Crippen molar-refractivity contribution in [2.75, 3.05) is 14.2 Å². The van der Waals surface area contributed by atoms with Gasteiger partial charge in [0.2, 0.25) is 15.8 Å². The third-order valence-electron chi connectivity index (χ3n) is 3.38. The maximum absolute atomic E-state index is 11.9. The molecule has 120 valence electrons. The van der Waals surface area contributed by atoms with Gasteiger partial charge >= 0.3 is 0 Å². The van der Waals surface area contributed by atoms with Gasteiger partial charge in [-0.25, -0.2) is 18.1 Å². The van der Waals surface area contributed by atoms with Crippen LogP contribution in [0.25, 0.3) is 17.0 Å². The molecule has 0 saturated carbocycles. The van der Waals surface area contributed by atoms with E-state index in [1.165, 1.54) is 32.4 Å². The number of aromatic amines is 1. The highest BCUT2D eigenvalue weighted by molar-refractivity contribution is 7.89. The number of aromatic nitrogens is 3. The second-order valence-corrected chi connectivity index (χ2v) is 6.62.